The number of primary amides is 1. The van der Waals surface area contributed by atoms with Gasteiger partial charge in [-0.1, -0.05) is 42.0 Å². The summed E-state index contributed by atoms with van der Waals surface area (Å²) in [6, 6.07) is 15.4. The quantitative estimate of drug-likeness (QED) is 0.728. The van der Waals surface area contributed by atoms with Gasteiger partial charge in [0.2, 0.25) is 0 Å². The second-order valence-corrected chi connectivity index (χ2v) is 6.72. The van der Waals surface area contributed by atoms with Gasteiger partial charge in [-0.05, 0) is 50.5 Å². The van der Waals surface area contributed by atoms with Crippen LogP contribution >= 0.6 is 0 Å². The standard InChI is InChI=1S/C22H24N2O2/c1-14-4-8-18(9-5-14)20-15(2)24(16(3)21(20)22(23)26)13-12-17-6-10-19(25)11-7-17/h4-11,25H,12-13H2,1-3H3,(H2,23,26). The highest BCUT2D eigenvalue weighted by Crippen LogP contribution is 2.32. The fourth-order valence-corrected chi connectivity index (χ4v) is 3.50. The van der Waals surface area contributed by atoms with Crippen LogP contribution < -0.4 is 5.73 Å². The van der Waals surface area contributed by atoms with E-state index in [1.54, 1.807) is 12.1 Å². The first kappa shape index (κ1) is 17.8. The third kappa shape index (κ3) is 3.36. The van der Waals surface area contributed by atoms with Crippen LogP contribution in [0.4, 0.5) is 0 Å². The summed E-state index contributed by atoms with van der Waals surface area (Å²) in [6.45, 7) is 6.77. The van der Waals surface area contributed by atoms with E-state index in [0.29, 0.717) is 5.56 Å². The minimum absolute atomic E-state index is 0.264. The number of phenols is 1. The Morgan fingerprint density at radius 2 is 1.58 bits per heavy atom. The highest BCUT2D eigenvalue weighted by Gasteiger charge is 2.22. The van der Waals surface area contributed by atoms with Crippen LogP contribution in [0.5, 0.6) is 5.75 Å². The van der Waals surface area contributed by atoms with Crippen LogP contribution in [-0.4, -0.2) is 15.6 Å². The van der Waals surface area contributed by atoms with Gasteiger partial charge in [-0.15, -0.1) is 0 Å². The van der Waals surface area contributed by atoms with Crippen molar-refractivity contribution in [3.63, 3.8) is 0 Å². The van der Waals surface area contributed by atoms with E-state index in [9.17, 15) is 9.90 Å². The number of nitrogens with two attached hydrogens (primary N) is 1. The molecule has 3 N–H and O–H groups in total. The Bertz CT molecular complexity index is 936. The zero-order valence-corrected chi connectivity index (χ0v) is 15.4. The summed E-state index contributed by atoms with van der Waals surface area (Å²) in [6.07, 6.45) is 0.808. The molecule has 26 heavy (non-hydrogen) atoms. The molecule has 4 heteroatoms. The largest absolute Gasteiger partial charge is 0.508 e. The number of aromatic hydroxyl groups is 1. The molecule has 0 aliphatic heterocycles. The van der Waals surface area contributed by atoms with E-state index >= 15 is 0 Å². The molecule has 2 aromatic carbocycles. The van der Waals surface area contributed by atoms with Crippen molar-refractivity contribution in [1.29, 1.82) is 0 Å². The molecule has 0 unspecified atom stereocenters. The van der Waals surface area contributed by atoms with Gasteiger partial charge in [-0.2, -0.15) is 0 Å². The van der Waals surface area contributed by atoms with Gasteiger partial charge in [0.05, 0.1) is 5.56 Å². The summed E-state index contributed by atoms with van der Waals surface area (Å²) >= 11 is 0. The number of hydrogen-bond acceptors (Lipinski definition) is 2. The molecule has 1 heterocycles. The van der Waals surface area contributed by atoms with Gasteiger partial charge in [0, 0.05) is 23.5 Å². The zero-order chi connectivity index (χ0) is 18.8. The van der Waals surface area contributed by atoms with Crippen LogP contribution in [0.25, 0.3) is 11.1 Å². The molecule has 0 saturated heterocycles. The lowest BCUT2D eigenvalue weighted by Gasteiger charge is -2.10. The molecule has 0 fully saturated rings. The number of nitrogens with zero attached hydrogens (tertiary/aromatic N) is 1. The second kappa shape index (κ2) is 7.08. The van der Waals surface area contributed by atoms with Crippen LogP contribution in [0.15, 0.2) is 48.5 Å². The molecule has 0 aliphatic rings. The molecule has 0 bridgehead atoms. The Morgan fingerprint density at radius 3 is 2.15 bits per heavy atom. The molecule has 0 spiro atoms. The maximum atomic E-state index is 12.1. The number of phenolic OH excluding ortho intramolecular Hbond substituents is 1. The Labute approximate surface area is 153 Å². The maximum absolute atomic E-state index is 12.1. The minimum Gasteiger partial charge on any atom is -0.508 e. The second-order valence-electron chi connectivity index (χ2n) is 6.72. The van der Waals surface area contributed by atoms with Gasteiger partial charge >= 0.3 is 0 Å². The lowest BCUT2D eigenvalue weighted by molar-refractivity contribution is 0.1000. The maximum Gasteiger partial charge on any atom is 0.251 e. The Kier molecular flexibility index (Phi) is 4.85. The number of aryl methyl sites for hydroxylation is 2. The molecule has 1 aromatic heterocycles. The van der Waals surface area contributed by atoms with E-state index in [4.69, 9.17) is 5.73 Å². The highest BCUT2D eigenvalue weighted by atomic mass is 16.3. The van der Waals surface area contributed by atoms with Crippen LogP contribution in [0.2, 0.25) is 0 Å². The summed E-state index contributed by atoms with van der Waals surface area (Å²) in [7, 11) is 0. The highest BCUT2D eigenvalue weighted by molar-refractivity contribution is 6.02. The summed E-state index contributed by atoms with van der Waals surface area (Å²) in [5.74, 6) is -0.135. The van der Waals surface area contributed by atoms with Gasteiger partial charge in [-0.25, -0.2) is 0 Å². The molecule has 0 saturated carbocycles. The molecule has 4 nitrogen and oxygen atoms in total. The Morgan fingerprint density at radius 1 is 0.962 bits per heavy atom. The van der Waals surface area contributed by atoms with Crippen molar-refractivity contribution in [2.75, 3.05) is 0 Å². The van der Waals surface area contributed by atoms with Gasteiger partial charge in [0.1, 0.15) is 5.75 Å². The lowest BCUT2D eigenvalue weighted by Crippen LogP contribution is -2.13. The van der Waals surface area contributed by atoms with Gasteiger partial charge < -0.3 is 15.4 Å². The van der Waals surface area contributed by atoms with E-state index in [1.807, 2.05) is 57.2 Å². The summed E-state index contributed by atoms with van der Waals surface area (Å²) in [5, 5.41) is 9.42. The first-order valence-corrected chi connectivity index (χ1v) is 8.73. The van der Waals surface area contributed by atoms with Crippen LogP contribution in [-0.2, 0) is 13.0 Å². The van der Waals surface area contributed by atoms with E-state index in [1.165, 1.54) is 5.56 Å². The third-order valence-corrected chi connectivity index (χ3v) is 4.93. The Balaban J connectivity index is 2.00. The predicted molar refractivity (Wildman–Crippen MR) is 104 cm³/mol. The molecule has 3 rings (SSSR count). The first-order chi connectivity index (χ1) is 12.4. The molecule has 0 aliphatic carbocycles. The molecule has 1 amide bonds. The summed E-state index contributed by atoms with van der Waals surface area (Å²) < 4.78 is 2.15. The number of carbonyl (C=O) groups excluding carboxylic acids is 1. The van der Waals surface area contributed by atoms with Crippen molar-refractivity contribution in [3.05, 3.63) is 76.6 Å². The topological polar surface area (TPSA) is 68.2 Å². The van der Waals surface area contributed by atoms with E-state index < -0.39 is 5.91 Å². The molecule has 3 aromatic rings. The molecule has 134 valence electrons. The van der Waals surface area contributed by atoms with Crippen molar-refractivity contribution >= 4 is 5.91 Å². The number of rotatable bonds is 5. The average molecular weight is 348 g/mol. The number of hydrogen-bond donors (Lipinski definition) is 2. The van der Waals surface area contributed by atoms with Crippen LogP contribution in [0.3, 0.4) is 0 Å². The van der Waals surface area contributed by atoms with Crippen LogP contribution in [0.1, 0.15) is 32.9 Å². The van der Waals surface area contributed by atoms with Crippen molar-refractivity contribution in [2.24, 2.45) is 5.73 Å². The Hall–Kier alpha value is -3.01. The smallest absolute Gasteiger partial charge is 0.251 e. The SMILES string of the molecule is Cc1ccc(-c2c(C(N)=O)c(C)n(CCc3ccc(O)cc3)c2C)cc1. The monoisotopic (exact) mass is 348 g/mol. The summed E-state index contributed by atoms with van der Waals surface area (Å²) in [4.78, 5) is 12.1. The van der Waals surface area contributed by atoms with Crippen molar-refractivity contribution < 1.29 is 9.90 Å². The van der Waals surface area contributed by atoms with E-state index in [-0.39, 0.29) is 5.75 Å². The fourth-order valence-electron chi connectivity index (χ4n) is 3.50. The number of benzene rings is 2. The van der Waals surface area contributed by atoms with E-state index in [0.717, 1.165) is 41.0 Å². The lowest BCUT2D eigenvalue weighted by atomic mass is 9.99. The van der Waals surface area contributed by atoms with Crippen molar-refractivity contribution in [3.8, 4) is 16.9 Å². The van der Waals surface area contributed by atoms with E-state index in [2.05, 4.69) is 4.57 Å². The third-order valence-electron chi connectivity index (χ3n) is 4.93. The molecular weight excluding hydrogens is 324 g/mol. The molecular formula is C22H24N2O2. The predicted octanol–water partition coefficient (Wildman–Crippen LogP) is 4.13. The number of aromatic nitrogens is 1. The zero-order valence-electron chi connectivity index (χ0n) is 15.4. The number of carbonyl (C=O) groups is 1. The first-order valence-electron chi connectivity index (χ1n) is 8.73. The molecule has 0 radical (unpaired) electrons. The normalized spacial score (nSPS) is 10.9. The van der Waals surface area contributed by atoms with Gasteiger partial charge in [0.25, 0.3) is 5.91 Å². The fraction of sp³-hybridized carbons (Fsp3) is 0.227. The van der Waals surface area contributed by atoms with Crippen molar-refractivity contribution in [1.82, 2.24) is 4.57 Å². The van der Waals surface area contributed by atoms with Crippen molar-refractivity contribution in [2.45, 2.75) is 33.7 Å². The van der Waals surface area contributed by atoms with Gasteiger partial charge in [0.15, 0.2) is 0 Å². The summed E-state index contributed by atoms with van der Waals surface area (Å²) in [5.41, 5.74) is 12.5. The van der Waals surface area contributed by atoms with Crippen LogP contribution in [0, 0.1) is 20.8 Å². The minimum atomic E-state index is -0.399. The van der Waals surface area contributed by atoms with Gasteiger partial charge in [-0.3, -0.25) is 4.79 Å². The number of amides is 1. The average Bonchev–Trinajstić information content (AvgIpc) is 2.86. The molecule has 0 atom stereocenters.